The van der Waals surface area contributed by atoms with Crippen LogP contribution in [0.3, 0.4) is 0 Å². The van der Waals surface area contributed by atoms with Crippen LogP contribution in [0, 0.1) is 0 Å². The van der Waals surface area contributed by atoms with E-state index >= 15 is 0 Å². The van der Waals surface area contributed by atoms with E-state index in [9.17, 15) is 14.4 Å². The Morgan fingerprint density at radius 1 is 1.16 bits per heavy atom. The third kappa shape index (κ3) is 5.02. The highest BCUT2D eigenvalue weighted by atomic mass is 32.1. The number of piperazine rings is 1. The Morgan fingerprint density at radius 2 is 1.84 bits per heavy atom. The van der Waals surface area contributed by atoms with E-state index in [0.717, 1.165) is 17.7 Å². The Morgan fingerprint density at radius 3 is 2.44 bits per heavy atom. The normalized spacial score (nSPS) is 17.7. The monoisotopic (exact) mass is 364 g/mol. The van der Waals surface area contributed by atoms with Crippen molar-refractivity contribution in [2.45, 2.75) is 18.9 Å². The molecule has 1 aromatic rings. The summed E-state index contributed by atoms with van der Waals surface area (Å²) in [5.74, 6) is 0.0186. The number of nitrogens with zero attached hydrogens (tertiary/aromatic N) is 3. The molecule has 1 aromatic heterocycles. The zero-order valence-corrected chi connectivity index (χ0v) is 15.3. The van der Waals surface area contributed by atoms with Crippen LogP contribution in [-0.4, -0.2) is 84.8 Å². The van der Waals surface area contributed by atoms with Crippen LogP contribution in [0.5, 0.6) is 0 Å². The number of thiophene rings is 1. The maximum absolute atomic E-state index is 12.4. The van der Waals surface area contributed by atoms with Gasteiger partial charge in [0.15, 0.2) is 0 Å². The molecule has 0 radical (unpaired) electrons. The van der Waals surface area contributed by atoms with Crippen LogP contribution < -0.4 is 5.32 Å². The number of hydrogen-bond donors (Lipinski definition) is 1. The number of likely N-dealkylation sites (N-methyl/N-ethyl adjacent to an activating group) is 1. The Balaban J connectivity index is 1.40. The molecule has 1 aliphatic heterocycles. The van der Waals surface area contributed by atoms with Crippen LogP contribution in [0.2, 0.25) is 0 Å². The molecule has 25 heavy (non-hydrogen) atoms. The first-order valence-corrected chi connectivity index (χ1v) is 9.49. The molecule has 8 heteroatoms. The molecule has 7 nitrogen and oxygen atoms in total. The smallest absolute Gasteiger partial charge is 0.264 e. The van der Waals surface area contributed by atoms with Crippen molar-refractivity contribution in [3.8, 4) is 0 Å². The van der Waals surface area contributed by atoms with E-state index in [1.54, 1.807) is 21.7 Å². The second kappa shape index (κ2) is 7.97. The van der Waals surface area contributed by atoms with E-state index in [2.05, 4.69) is 5.32 Å². The first-order valence-electron chi connectivity index (χ1n) is 8.61. The maximum atomic E-state index is 12.4. The summed E-state index contributed by atoms with van der Waals surface area (Å²) in [7, 11) is 1.78. The summed E-state index contributed by atoms with van der Waals surface area (Å²) < 4.78 is 0. The fourth-order valence-corrected chi connectivity index (χ4v) is 3.54. The van der Waals surface area contributed by atoms with E-state index in [0.29, 0.717) is 32.2 Å². The fraction of sp³-hybridized carbons (Fsp3) is 0.588. The van der Waals surface area contributed by atoms with Crippen molar-refractivity contribution < 1.29 is 14.4 Å². The molecule has 136 valence electrons. The predicted octanol–water partition coefficient (Wildman–Crippen LogP) is 0.243. The number of amides is 3. The molecule has 2 fully saturated rings. The summed E-state index contributed by atoms with van der Waals surface area (Å²) in [4.78, 5) is 42.5. The highest BCUT2D eigenvalue weighted by molar-refractivity contribution is 7.12. The van der Waals surface area contributed by atoms with Gasteiger partial charge < -0.3 is 15.1 Å². The predicted molar refractivity (Wildman–Crippen MR) is 95.5 cm³/mol. The first kappa shape index (κ1) is 17.9. The number of rotatable bonds is 6. The van der Waals surface area contributed by atoms with Crippen molar-refractivity contribution in [3.63, 3.8) is 0 Å². The zero-order valence-electron chi connectivity index (χ0n) is 14.4. The van der Waals surface area contributed by atoms with Crippen LogP contribution >= 0.6 is 11.3 Å². The Labute approximate surface area is 151 Å². The van der Waals surface area contributed by atoms with Crippen molar-refractivity contribution in [1.82, 2.24) is 20.0 Å². The van der Waals surface area contributed by atoms with Gasteiger partial charge in [-0.05, 0) is 31.3 Å². The van der Waals surface area contributed by atoms with Gasteiger partial charge >= 0.3 is 0 Å². The van der Waals surface area contributed by atoms with Crippen LogP contribution in [0.25, 0.3) is 0 Å². The molecule has 0 atom stereocenters. The van der Waals surface area contributed by atoms with Gasteiger partial charge in [-0.25, -0.2) is 0 Å². The Bertz CT molecular complexity index is 622. The van der Waals surface area contributed by atoms with E-state index in [-0.39, 0.29) is 30.8 Å². The SMILES string of the molecule is CN(CC(=O)NC1CC1)CC(=O)N1CCN(C(=O)c2cccs2)CC1. The van der Waals surface area contributed by atoms with Crippen LogP contribution in [0.4, 0.5) is 0 Å². The average Bonchev–Trinajstić information content (AvgIpc) is 3.23. The van der Waals surface area contributed by atoms with Gasteiger partial charge in [0.25, 0.3) is 5.91 Å². The summed E-state index contributed by atoms with van der Waals surface area (Å²) >= 11 is 1.44. The first-order chi connectivity index (χ1) is 12.0. The second-order valence-corrected chi connectivity index (χ2v) is 7.61. The molecule has 0 unspecified atom stereocenters. The minimum atomic E-state index is -0.0239. The van der Waals surface area contributed by atoms with Crippen molar-refractivity contribution in [2.75, 3.05) is 46.3 Å². The van der Waals surface area contributed by atoms with Crippen molar-refractivity contribution in [3.05, 3.63) is 22.4 Å². The van der Waals surface area contributed by atoms with Gasteiger partial charge in [-0.3, -0.25) is 19.3 Å². The Kier molecular flexibility index (Phi) is 5.70. The summed E-state index contributed by atoms with van der Waals surface area (Å²) in [6.45, 7) is 2.63. The summed E-state index contributed by atoms with van der Waals surface area (Å²) in [6.07, 6.45) is 2.12. The third-order valence-corrected chi connectivity index (χ3v) is 5.27. The molecular weight excluding hydrogens is 340 g/mol. The van der Waals surface area contributed by atoms with Crippen molar-refractivity contribution >= 4 is 29.1 Å². The summed E-state index contributed by atoms with van der Waals surface area (Å²) in [5, 5.41) is 4.81. The topological polar surface area (TPSA) is 73.0 Å². The summed E-state index contributed by atoms with van der Waals surface area (Å²) in [5.41, 5.74) is 0. The molecule has 2 heterocycles. The van der Waals surface area contributed by atoms with Crippen LogP contribution in [0.15, 0.2) is 17.5 Å². The lowest BCUT2D eigenvalue weighted by atomic mass is 10.2. The minimum Gasteiger partial charge on any atom is -0.352 e. The van der Waals surface area contributed by atoms with Crippen molar-refractivity contribution in [1.29, 1.82) is 0 Å². The highest BCUT2D eigenvalue weighted by Gasteiger charge is 2.27. The molecule has 3 rings (SSSR count). The van der Waals surface area contributed by atoms with E-state index < -0.39 is 0 Å². The molecule has 1 saturated heterocycles. The van der Waals surface area contributed by atoms with Gasteiger partial charge in [0.05, 0.1) is 18.0 Å². The average molecular weight is 364 g/mol. The largest absolute Gasteiger partial charge is 0.352 e. The molecule has 1 N–H and O–H groups in total. The van der Waals surface area contributed by atoms with Gasteiger partial charge in [-0.1, -0.05) is 6.07 Å². The number of carbonyl (C=O) groups is 3. The minimum absolute atomic E-state index is 0.00458. The third-order valence-electron chi connectivity index (χ3n) is 4.41. The van der Waals surface area contributed by atoms with Gasteiger partial charge in [0.1, 0.15) is 0 Å². The quantitative estimate of drug-likeness (QED) is 0.785. The van der Waals surface area contributed by atoms with E-state index in [1.807, 2.05) is 17.5 Å². The van der Waals surface area contributed by atoms with Gasteiger partial charge in [-0.2, -0.15) is 0 Å². The lowest BCUT2D eigenvalue weighted by molar-refractivity contribution is -0.134. The molecule has 2 aliphatic rings. The molecule has 1 aliphatic carbocycles. The zero-order chi connectivity index (χ0) is 17.8. The molecule has 3 amide bonds. The van der Waals surface area contributed by atoms with Gasteiger partial charge in [-0.15, -0.1) is 11.3 Å². The number of hydrogen-bond acceptors (Lipinski definition) is 5. The van der Waals surface area contributed by atoms with Gasteiger partial charge in [0, 0.05) is 32.2 Å². The van der Waals surface area contributed by atoms with Crippen LogP contribution in [-0.2, 0) is 9.59 Å². The standard InChI is InChI=1S/C17H24N4O3S/c1-19(11-15(22)18-13-4-5-13)12-16(23)20-6-8-21(9-7-20)17(24)14-3-2-10-25-14/h2-3,10,13H,4-9,11-12H2,1H3,(H,18,22). The number of nitrogens with one attached hydrogen (secondary N) is 1. The van der Waals surface area contributed by atoms with Crippen molar-refractivity contribution in [2.24, 2.45) is 0 Å². The molecular formula is C17H24N4O3S. The van der Waals surface area contributed by atoms with E-state index in [4.69, 9.17) is 0 Å². The summed E-state index contributed by atoms with van der Waals surface area (Å²) in [6, 6.07) is 4.03. The molecule has 0 spiro atoms. The Hall–Kier alpha value is -1.93. The molecule has 0 aromatic carbocycles. The molecule has 0 bridgehead atoms. The van der Waals surface area contributed by atoms with Gasteiger partial charge in [0.2, 0.25) is 11.8 Å². The number of carbonyl (C=O) groups excluding carboxylic acids is 3. The fourth-order valence-electron chi connectivity index (χ4n) is 2.85. The van der Waals surface area contributed by atoms with E-state index in [1.165, 1.54) is 11.3 Å². The lowest BCUT2D eigenvalue weighted by Gasteiger charge is -2.35. The second-order valence-electron chi connectivity index (χ2n) is 6.66. The van der Waals surface area contributed by atoms with Crippen LogP contribution in [0.1, 0.15) is 22.5 Å². The lowest BCUT2D eigenvalue weighted by Crippen LogP contribution is -2.52. The molecule has 1 saturated carbocycles. The highest BCUT2D eigenvalue weighted by Crippen LogP contribution is 2.18. The maximum Gasteiger partial charge on any atom is 0.264 e.